The molecule has 2 aromatic heterocycles. The zero-order valence-electron chi connectivity index (χ0n) is 17.3. The number of alkyl carbamates (subject to hydrolysis) is 1. The number of aryl methyl sites for hydroxylation is 1. The Morgan fingerprint density at radius 2 is 2.13 bits per heavy atom. The van der Waals surface area contributed by atoms with E-state index in [-0.39, 0.29) is 6.03 Å². The highest BCUT2D eigenvalue weighted by atomic mass is 16.6. The molecule has 0 bridgehead atoms. The molecule has 162 valence electrons. The summed E-state index contributed by atoms with van der Waals surface area (Å²) in [5, 5.41) is 9.77. The number of rotatable bonds is 3. The number of ether oxygens (including phenoxy) is 2. The predicted octanol–water partition coefficient (Wildman–Crippen LogP) is 2.08. The van der Waals surface area contributed by atoms with Crippen LogP contribution in [0.4, 0.5) is 15.5 Å². The van der Waals surface area contributed by atoms with E-state index in [1.165, 1.54) is 0 Å². The minimum atomic E-state index is -0.501. The molecule has 1 spiro atoms. The molecule has 2 saturated heterocycles. The number of amides is 3. The highest BCUT2D eigenvalue weighted by Gasteiger charge is 2.43. The molecule has 0 radical (unpaired) electrons. The number of carbonyl (C=O) groups is 2. The fourth-order valence-corrected chi connectivity index (χ4v) is 4.17. The van der Waals surface area contributed by atoms with Crippen LogP contribution < -0.4 is 15.4 Å². The van der Waals surface area contributed by atoms with Gasteiger partial charge in [0.2, 0.25) is 5.95 Å². The monoisotopic (exact) mass is 425 g/mol. The van der Waals surface area contributed by atoms with Crippen molar-refractivity contribution in [3.63, 3.8) is 0 Å². The van der Waals surface area contributed by atoms with Crippen LogP contribution in [0.2, 0.25) is 0 Å². The number of aromatic amines is 1. The second-order valence-corrected chi connectivity index (χ2v) is 7.87. The molecule has 4 heterocycles. The molecule has 2 aliphatic heterocycles. The SMILES string of the molecule is COc1ccc(-c2cnn(C)c2)c2nc(NC(=O)N3CCC4(CC3)CNC(=O)O4)[nH]c12. The van der Waals surface area contributed by atoms with Gasteiger partial charge in [-0.2, -0.15) is 5.10 Å². The number of H-pyrrole nitrogens is 1. The summed E-state index contributed by atoms with van der Waals surface area (Å²) in [5.74, 6) is 0.968. The van der Waals surface area contributed by atoms with Crippen LogP contribution in [0.15, 0.2) is 24.5 Å². The number of urea groups is 1. The molecule has 3 aromatic rings. The quantitative estimate of drug-likeness (QED) is 0.590. The fourth-order valence-electron chi connectivity index (χ4n) is 4.17. The Morgan fingerprint density at radius 3 is 2.77 bits per heavy atom. The molecule has 3 N–H and O–H groups in total. The molecular formula is C20H23N7O4. The van der Waals surface area contributed by atoms with Gasteiger partial charge in [-0.05, 0) is 12.1 Å². The van der Waals surface area contributed by atoms with Crippen LogP contribution in [0.25, 0.3) is 22.2 Å². The lowest BCUT2D eigenvalue weighted by Gasteiger charge is -2.36. The Kier molecular flexibility index (Phi) is 4.45. The number of carbonyl (C=O) groups excluding carboxylic acids is 2. The lowest BCUT2D eigenvalue weighted by Crippen LogP contribution is -2.49. The van der Waals surface area contributed by atoms with Gasteiger partial charge in [0.05, 0.1) is 19.9 Å². The maximum absolute atomic E-state index is 12.8. The van der Waals surface area contributed by atoms with Crippen LogP contribution in [0.1, 0.15) is 12.8 Å². The molecule has 0 saturated carbocycles. The first kappa shape index (κ1) is 19.2. The van der Waals surface area contributed by atoms with Gasteiger partial charge in [-0.25, -0.2) is 14.6 Å². The van der Waals surface area contributed by atoms with Crippen LogP contribution in [0, 0.1) is 0 Å². The summed E-state index contributed by atoms with van der Waals surface area (Å²) in [6.07, 6.45) is 4.47. The van der Waals surface area contributed by atoms with Crippen LogP contribution in [0.3, 0.4) is 0 Å². The molecule has 3 amide bonds. The van der Waals surface area contributed by atoms with Gasteiger partial charge in [0.25, 0.3) is 0 Å². The molecule has 11 nitrogen and oxygen atoms in total. The van der Waals surface area contributed by atoms with Gasteiger partial charge in [-0.1, -0.05) is 0 Å². The molecule has 2 aliphatic rings. The third-order valence-electron chi connectivity index (χ3n) is 5.89. The summed E-state index contributed by atoms with van der Waals surface area (Å²) >= 11 is 0. The summed E-state index contributed by atoms with van der Waals surface area (Å²) in [6.45, 7) is 1.47. The third kappa shape index (κ3) is 3.41. The first-order valence-corrected chi connectivity index (χ1v) is 10.0. The number of aromatic nitrogens is 4. The fraction of sp³-hybridized carbons (Fsp3) is 0.400. The van der Waals surface area contributed by atoms with Gasteiger partial charge in [0, 0.05) is 50.3 Å². The Hall–Kier alpha value is -3.76. The number of fused-ring (bicyclic) bond motifs is 1. The minimum Gasteiger partial charge on any atom is -0.494 e. The van der Waals surface area contributed by atoms with E-state index in [4.69, 9.17) is 9.47 Å². The molecule has 31 heavy (non-hydrogen) atoms. The topological polar surface area (TPSA) is 126 Å². The largest absolute Gasteiger partial charge is 0.494 e. The summed E-state index contributed by atoms with van der Waals surface area (Å²) < 4.78 is 12.6. The summed E-state index contributed by atoms with van der Waals surface area (Å²) in [5.41, 5.74) is 2.68. The number of nitrogens with one attached hydrogen (secondary N) is 3. The van der Waals surface area contributed by atoms with E-state index in [1.54, 1.807) is 22.9 Å². The number of hydrogen-bond donors (Lipinski definition) is 3. The van der Waals surface area contributed by atoms with Crippen molar-refractivity contribution in [2.45, 2.75) is 18.4 Å². The van der Waals surface area contributed by atoms with Crippen LogP contribution in [-0.4, -0.2) is 69.1 Å². The minimum absolute atomic E-state index is 0.256. The van der Waals surface area contributed by atoms with E-state index in [9.17, 15) is 9.59 Å². The van der Waals surface area contributed by atoms with Crippen molar-refractivity contribution in [3.05, 3.63) is 24.5 Å². The number of likely N-dealkylation sites (tertiary alicyclic amines) is 1. The van der Waals surface area contributed by atoms with E-state index >= 15 is 0 Å². The average molecular weight is 425 g/mol. The second kappa shape index (κ2) is 7.18. The van der Waals surface area contributed by atoms with Crippen molar-refractivity contribution in [1.82, 2.24) is 30.0 Å². The van der Waals surface area contributed by atoms with Crippen molar-refractivity contribution in [2.24, 2.45) is 7.05 Å². The van der Waals surface area contributed by atoms with E-state index < -0.39 is 11.7 Å². The molecule has 2 fully saturated rings. The Labute approximate surface area is 177 Å². The van der Waals surface area contributed by atoms with Gasteiger partial charge < -0.3 is 24.7 Å². The molecule has 0 aliphatic carbocycles. The first-order valence-electron chi connectivity index (χ1n) is 10.0. The van der Waals surface area contributed by atoms with Gasteiger partial charge in [-0.15, -0.1) is 0 Å². The number of methoxy groups -OCH3 is 1. The Balaban J connectivity index is 1.36. The Morgan fingerprint density at radius 1 is 1.32 bits per heavy atom. The van der Waals surface area contributed by atoms with Crippen LogP contribution >= 0.6 is 0 Å². The Bertz CT molecular complexity index is 1160. The summed E-state index contributed by atoms with van der Waals surface area (Å²) in [6, 6.07) is 3.52. The lowest BCUT2D eigenvalue weighted by molar-refractivity contribution is 0.0110. The standard InChI is InChI=1S/C20H23N7O4/c1-26-10-12(9-22-26)13-3-4-14(30-2)16-15(13)23-17(24-16)25-18(28)27-7-5-20(6-8-27)11-21-19(29)31-20/h3-4,9-10H,5-8,11H2,1-2H3,(H,21,29)(H2,23,24,25,28). The highest BCUT2D eigenvalue weighted by molar-refractivity contribution is 5.98. The number of hydrogen-bond acceptors (Lipinski definition) is 6. The van der Waals surface area contributed by atoms with Crippen molar-refractivity contribution < 1.29 is 19.1 Å². The highest BCUT2D eigenvalue weighted by Crippen LogP contribution is 2.34. The van der Waals surface area contributed by atoms with Crippen LogP contribution in [0.5, 0.6) is 5.75 Å². The molecule has 0 atom stereocenters. The molecule has 11 heteroatoms. The smallest absolute Gasteiger partial charge is 0.407 e. The molecule has 5 rings (SSSR count). The van der Waals surface area contributed by atoms with E-state index in [1.807, 2.05) is 25.4 Å². The number of nitrogens with zero attached hydrogens (tertiary/aromatic N) is 4. The second-order valence-electron chi connectivity index (χ2n) is 7.87. The number of piperidine rings is 1. The van der Waals surface area contributed by atoms with Gasteiger partial charge in [0.1, 0.15) is 22.4 Å². The van der Waals surface area contributed by atoms with E-state index in [0.717, 1.165) is 11.1 Å². The summed E-state index contributed by atoms with van der Waals surface area (Å²) in [4.78, 5) is 33.7. The van der Waals surface area contributed by atoms with Gasteiger partial charge in [0.15, 0.2) is 0 Å². The zero-order valence-corrected chi connectivity index (χ0v) is 17.3. The first-order chi connectivity index (χ1) is 15.0. The average Bonchev–Trinajstić information content (AvgIpc) is 3.46. The van der Waals surface area contributed by atoms with Crippen molar-refractivity contribution in [2.75, 3.05) is 32.1 Å². The van der Waals surface area contributed by atoms with Crippen molar-refractivity contribution in [3.8, 4) is 16.9 Å². The van der Waals surface area contributed by atoms with Crippen molar-refractivity contribution >= 4 is 29.1 Å². The predicted molar refractivity (Wildman–Crippen MR) is 112 cm³/mol. The van der Waals surface area contributed by atoms with Crippen LogP contribution in [-0.2, 0) is 11.8 Å². The molecule has 1 aromatic carbocycles. The normalized spacial score (nSPS) is 17.6. The number of imidazole rings is 1. The maximum atomic E-state index is 12.8. The van der Waals surface area contributed by atoms with E-state index in [2.05, 4.69) is 25.7 Å². The molecular weight excluding hydrogens is 402 g/mol. The summed E-state index contributed by atoms with van der Waals surface area (Å²) in [7, 11) is 3.44. The number of benzene rings is 1. The van der Waals surface area contributed by atoms with Gasteiger partial charge >= 0.3 is 12.1 Å². The van der Waals surface area contributed by atoms with Gasteiger partial charge in [-0.3, -0.25) is 10.00 Å². The third-order valence-corrected chi connectivity index (χ3v) is 5.89. The number of anilines is 1. The zero-order chi connectivity index (χ0) is 21.6. The molecule has 0 unspecified atom stereocenters. The maximum Gasteiger partial charge on any atom is 0.407 e. The van der Waals surface area contributed by atoms with Crippen molar-refractivity contribution in [1.29, 1.82) is 0 Å². The van der Waals surface area contributed by atoms with E-state index in [0.29, 0.717) is 55.2 Å². The lowest BCUT2D eigenvalue weighted by atomic mass is 9.92.